The quantitative estimate of drug-likeness (QED) is 0.420. The van der Waals surface area contributed by atoms with Crippen molar-refractivity contribution in [2.75, 3.05) is 20.1 Å². The van der Waals surface area contributed by atoms with E-state index in [0.717, 1.165) is 29.6 Å². The van der Waals surface area contributed by atoms with Gasteiger partial charge in [0, 0.05) is 36.8 Å². The summed E-state index contributed by atoms with van der Waals surface area (Å²) in [7, 11) is 2.15. The molecule has 3 heterocycles. The number of rotatable bonds is 7. The van der Waals surface area contributed by atoms with E-state index in [0.29, 0.717) is 36.2 Å². The lowest BCUT2D eigenvalue weighted by Gasteiger charge is -2.19. The Morgan fingerprint density at radius 1 is 1.12 bits per heavy atom. The van der Waals surface area contributed by atoms with Crippen LogP contribution >= 0.6 is 0 Å². The third-order valence-corrected chi connectivity index (χ3v) is 6.57. The number of nitrogens with zero attached hydrogens (tertiary/aromatic N) is 2. The number of carbonyl (C=O) groups is 1. The average molecular weight is 446 g/mol. The van der Waals surface area contributed by atoms with Crippen LogP contribution in [0.15, 0.2) is 71.1 Å². The first-order valence-electron chi connectivity index (χ1n) is 11.5. The summed E-state index contributed by atoms with van der Waals surface area (Å²) in [6.45, 7) is 2.33. The lowest BCUT2D eigenvalue weighted by molar-refractivity contribution is 0.0942. The molecule has 4 aromatic rings. The second-order valence-corrected chi connectivity index (χ2v) is 8.79. The molecule has 0 bridgehead atoms. The van der Waals surface area contributed by atoms with Crippen molar-refractivity contribution < 1.29 is 13.6 Å². The fourth-order valence-corrected chi connectivity index (χ4v) is 4.71. The first-order valence-corrected chi connectivity index (χ1v) is 11.5. The lowest BCUT2D eigenvalue weighted by Crippen LogP contribution is -2.32. The predicted molar refractivity (Wildman–Crippen MR) is 128 cm³/mol. The van der Waals surface area contributed by atoms with E-state index in [1.807, 2.05) is 47.0 Å². The van der Waals surface area contributed by atoms with Crippen LogP contribution in [0.5, 0.6) is 0 Å². The van der Waals surface area contributed by atoms with E-state index in [1.54, 1.807) is 12.1 Å². The van der Waals surface area contributed by atoms with Crippen molar-refractivity contribution in [1.82, 2.24) is 14.8 Å². The lowest BCUT2D eigenvalue weighted by atomic mass is 10.1. The number of amides is 1. The fraction of sp³-hybridized carbons (Fsp3) is 0.296. The average Bonchev–Trinajstić information content (AvgIpc) is 3.51. The second-order valence-electron chi connectivity index (χ2n) is 8.79. The molecule has 1 fully saturated rings. The second kappa shape index (κ2) is 9.24. The Balaban J connectivity index is 1.42. The summed E-state index contributed by atoms with van der Waals surface area (Å²) < 4.78 is 21.4. The van der Waals surface area contributed by atoms with Gasteiger partial charge in [0.15, 0.2) is 5.58 Å². The molecule has 2 aromatic carbocycles. The summed E-state index contributed by atoms with van der Waals surface area (Å²) in [6, 6.07) is 20.6. The topological polar surface area (TPSA) is 50.4 Å². The SMILES string of the molecule is CN1CCCC1CCNC(=O)c1cc2oc(-c3ccc(F)cc3)cc2n1Cc1ccccc1. The zero-order chi connectivity index (χ0) is 22.8. The van der Waals surface area contributed by atoms with Crippen molar-refractivity contribution >= 4 is 17.0 Å². The van der Waals surface area contributed by atoms with E-state index >= 15 is 0 Å². The van der Waals surface area contributed by atoms with Crippen molar-refractivity contribution in [3.05, 3.63) is 83.8 Å². The van der Waals surface area contributed by atoms with Crippen molar-refractivity contribution in [1.29, 1.82) is 0 Å². The fourth-order valence-electron chi connectivity index (χ4n) is 4.71. The Morgan fingerprint density at radius 3 is 2.64 bits per heavy atom. The van der Waals surface area contributed by atoms with Gasteiger partial charge in [-0.1, -0.05) is 30.3 Å². The molecular weight excluding hydrogens is 417 g/mol. The molecule has 1 aliphatic rings. The van der Waals surface area contributed by atoms with E-state index < -0.39 is 0 Å². The van der Waals surface area contributed by atoms with Crippen LogP contribution in [0.3, 0.4) is 0 Å². The Morgan fingerprint density at radius 2 is 1.91 bits per heavy atom. The molecule has 1 amide bonds. The summed E-state index contributed by atoms with van der Waals surface area (Å²) in [4.78, 5) is 15.5. The highest BCUT2D eigenvalue weighted by atomic mass is 19.1. The van der Waals surface area contributed by atoms with Crippen LogP contribution in [0.25, 0.3) is 22.4 Å². The van der Waals surface area contributed by atoms with Gasteiger partial charge in [-0.3, -0.25) is 4.79 Å². The molecule has 0 spiro atoms. The third kappa shape index (κ3) is 4.57. The normalized spacial score (nSPS) is 16.5. The van der Waals surface area contributed by atoms with E-state index in [1.165, 1.54) is 25.0 Å². The molecule has 5 rings (SSSR count). The number of halogens is 1. The minimum absolute atomic E-state index is 0.0960. The van der Waals surface area contributed by atoms with Crippen LogP contribution in [0, 0.1) is 5.82 Å². The molecule has 0 saturated carbocycles. The molecule has 1 atom stereocenters. The van der Waals surface area contributed by atoms with Gasteiger partial charge in [-0.2, -0.15) is 0 Å². The van der Waals surface area contributed by atoms with Crippen LogP contribution in [0.2, 0.25) is 0 Å². The molecule has 2 aromatic heterocycles. The highest BCUT2D eigenvalue weighted by Crippen LogP contribution is 2.31. The summed E-state index contributed by atoms with van der Waals surface area (Å²) in [5.74, 6) is 0.269. The molecule has 170 valence electrons. The van der Waals surface area contributed by atoms with Crippen LogP contribution < -0.4 is 5.32 Å². The van der Waals surface area contributed by atoms with Crippen LogP contribution in [-0.4, -0.2) is 41.6 Å². The minimum Gasteiger partial charge on any atom is -0.454 e. The zero-order valence-electron chi connectivity index (χ0n) is 18.8. The zero-order valence-corrected chi connectivity index (χ0v) is 18.8. The van der Waals surface area contributed by atoms with Gasteiger partial charge < -0.3 is 19.2 Å². The van der Waals surface area contributed by atoms with E-state index in [4.69, 9.17) is 4.42 Å². The summed E-state index contributed by atoms with van der Waals surface area (Å²) >= 11 is 0. The number of nitrogens with one attached hydrogen (secondary N) is 1. The molecule has 1 aliphatic heterocycles. The molecule has 33 heavy (non-hydrogen) atoms. The first-order chi connectivity index (χ1) is 16.1. The highest BCUT2D eigenvalue weighted by Gasteiger charge is 2.22. The summed E-state index contributed by atoms with van der Waals surface area (Å²) in [5.41, 5.74) is 3.97. The Kier molecular flexibility index (Phi) is 6.01. The Labute approximate surface area is 192 Å². The maximum Gasteiger partial charge on any atom is 0.268 e. The standard InChI is InChI=1S/C27H28FN3O2/c1-30-15-5-8-22(30)13-14-29-27(32)24-17-26-23(31(24)18-19-6-3-2-4-7-19)16-25(33-26)20-9-11-21(28)12-10-20/h2-4,6-7,9-12,16-17,22H,5,8,13-15,18H2,1H3,(H,29,32). The van der Waals surface area contributed by atoms with Crippen molar-refractivity contribution in [3.8, 4) is 11.3 Å². The van der Waals surface area contributed by atoms with Crippen LogP contribution in [0.1, 0.15) is 35.3 Å². The summed E-state index contributed by atoms with van der Waals surface area (Å²) in [6.07, 6.45) is 3.37. The van der Waals surface area contributed by atoms with Gasteiger partial charge in [-0.05, 0) is 62.7 Å². The number of hydrogen-bond acceptors (Lipinski definition) is 3. The molecule has 0 aliphatic carbocycles. The molecule has 1 saturated heterocycles. The van der Waals surface area contributed by atoms with E-state index in [-0.39, 0.29) is 11.7 Å². The monoisotopic (exact) mass is 445 g/mol. The number of fused-ring (bicyclic) bond motifs is 1. The van der Waals surface area contributed by atoms with Gasteiger partial charge in [-0.15, -0.1) is 0 Å². The van der Waals surface area contributed by atoms with E-state index in [2.05, 4.69) is 17.3 Å². The molecule has 6 heteroatoms. The largest absolute Gasteiger partial charge is 0.454 e. The first kappa shape index (κ1) is 21.5. The van der Waals surface area contributed by atoms with Crippen LogP contribution in [0.4, 0.5) is 4.39 Å². The van der Waals surface area contributed by atoms with Gasteiger partial charge >= 0.3 is 0 Å². The van der Waals surface area contributed by atoms with Crippen molar-refractivity contribution in [3.63, 3.8) is 0 Å². The van der Waals surface area contributed by atoms with E-state index in [9.17, 15) is 9.18 Å². The number of hydrogen-bond donors (Lipinski definition) is 1. The molecule has 5 nitrogen and oxygen atoms in total. The van der Waals surface area contributed by atoms with Crippen LogP contribution in [-0.2, 0) is 6.54 Å². The number of furan rings is 1. The summed E-state index contributed by atoms with van der Waals surface area (Å²) in [5, 5.41) is 3.11. The maximum absolute atomic E-state index is 13.3. The Bertz CT molecular complexity index is 1240. The minimum atomic E-state index is -0.286. The maximum atomic E-state index is 13.3. The predicted octanol–water partition coefficient (Wildman–Crippen LogP) is 5.30. The molecule has 1 unspecified atom stereocenters. The Hall–Kier alpha value is -3.38. The number of likely N-dealkylation sites (tertiary alicyclic amines) is 1. The van der Waals surface area contributed by atoms with Gasteiger partial charge in [0.1, 0.15) is 17.3 Å². The molecule has 1 N–H and O–H groups in total. The molecular formula is C27H28FN3O2. The van der Waals surface area contributed by atoms with Gasteiger partial charge in [-0.25, -0.2) is 4.39 Å². The van der Waals surface area contributed by atoms with Crippen molar-refractivity contribution in [2.45, 2.75) is 31.8 Å². The number of aromatic nitrogens is 1. The smallest absolute Gasteiger partial charge is 0.268 e. The highest BCUT2D eigenvalue weighted by molar-refractivity contribution is 5.98. The third-order valence-electron chi connectivity index (χ3n) is 6.57. The van der Waals surface area contributed by atoms with Gasteiger partial charge in [0.25, 0.3) is 5.91 Å². The van der Waals surface area contributed by atoms with Gasteiger partial charge in [0.2, 0.25) is 0 Å². The van der Waals surface area contributed by atoms with Crippen molar-refractivity contribution in [2.24, 2.45) is 0 Å². The number of benzene rings is 2. The number of carbonyl (C=O) groups excluding carboxylic acids is 1. The van der Waals surface area contributed by atoms with Gasteiger partial charge in [0.05, 0.1) is 5.52 Å². The molecule has 0 radical (unpaired) electrons.